The molecule has 0 aromatic carbocycles. The molecule has 1 aromatic rings. The van der Waals surface area contributed by atoms with Crippen LogP contribution in [0.25, 0.3) is 0 Å². The van der Waals surface area contributed by atoms with E-state index >= 15 is 0 Å². The van der Waals surface area contributed by atoms with Gasteiger partial charge in [-0.25, -0.2) is 9.48 Å². The first-order valence-corrected chi connectivity index (χ1v) is 5.56. The number of esters is 1. The van der Waals surface area contributed by atoms with Crippen LogP contribution in [0.15, 0.2) is 0 Å². The minimum absolute atomic E-state index is 0.0150. The third kappa shape index (κ3) is 3.19. The van der Waals surface area contributed by atoms with Crippen molar-refractivity contribution >= 4 is 17.7 Å². The summed E-state index contributed by atoms with van der Waals surface area (Å²) in [5.41, 5.74) is 5.56. The van der Waals surface area contributed by atoms with E-state index in [0.29, 0.717) is 0 Å². The zero-order valence-corrected chi connectivity index (χ0v) is 10.6. The number of nitrogens with two attached hydrogens (primary N) is 1. The van der Waals surface area contributed by atoms with Gasteiger partial charge in [-0.05, 0) is 13.3 Å². The maximum absolute atomic E-state index is 11.6. The van der Waals surface area contributed by atoms with Crippen LogP contribution in [-0.4, -0.2) is 40.0 Å². The second-order valence-corrected chi connectivity index (χ2v) is 3.85. The van der Waals surface area contributed by atoms with Crippen molar-refractivity contribution in [2.75, 3.05) is 12.8 Å². The molecule has 1 aromatic heterocycles. The standard InChI is InChI=1S/C10H17N5O3/c1-4-6(2)12-7(16)5-15-9(11)8(13-14-15)10(17)18-3/h6H,4-5,11H2,1-3H3,(H,12,16). The Hall–Kier alpha value is -2.12. The molecule has 0 fully saturated rings. The summed E-state index contributed by atoms with van der Waals surface area (Å²) in [5, 5.41) is 9.97. The van der Waals surface area contributed by atoms with Gasteiger partial charge in [0, 0.05) is 6.04 Å². The summed E-state index contributed by atoms with van der Waals surface area (Å²) in [6.07, 6.45) is 0.825. The average molecular weight is 255 g/mol. The SMILES string of the molecule is CCC(C)NC(=O)Cn1nnc(C(=O)OC)c1N. The summed E-state index contributed by atoms with van der Waals surface area (Å²) < 4.78 is 5.64. The molecular weight excluding hydrogens is 238 g/mol. The predicted octanol–water partition coefficient (Wildman–Crippen LogP) is -0.438. The van der Waals surface area contributed by atoms with Crippen LogP contribution in [0.2, 0.25) is 0 Å². The molecule has 1 amide bonds. The van der Waals surface area contributed by atoms with Crippen molar-refractivity contribution in [2.24, 2.45) is 0 Å². The lowest BCUT2D eigenvalue weighted by molar-refractivity contribution is -0.122. The largest absolute Gasteiger partial charge is 0.464 e. The van der Waals surface area contributed by atoms with Crippen molar-refractivity contribution in [1.82, 2.24) is 20.3 Å². The highest BCUT2D eigenvalue weighted by Crippen LogP contribution is 2.08. The van der Waals surface area contributed by atoms with Gasteiger partial charge in [-0.2, -0.15) is 0 Å². The van der Waals surface area contributed by atoms with E-state index in [1.54, 1.807) is 0 Å². The molecule has 8 nitrogen and oxygen atoms in total. The first kappa shape index (κ1) is 13.9. The van der Waals surface area contributed by atoms with E-state index in [0.717, 1.165) is 11.1 Å². The molecule has 1 unspecified atom stereocenters. The van der Waals surface area contributed by atoms with Crippen molar-refractivity contribution in [2.45, 2.75) is 32.9 Å². The van der Waals surface area contributed by atoms with E-state index in [-0.39, 0.29) is 30.0 Å². The molecule has 0 bridgehead atoms. The van der Waals surface area contributed by atoms with Crippen LogP contribution in [0.1, 0.15) is 30.8 Å². The summed E-state index contributed by atoms with van der Waals surface area (Å²) in [6, 6.07) is 0.0716. The van der Waals surface area contributed by atoms with Gasteiger partial charge >= 0.3 is 5.97 Å². The van der Waals surface area contributed by atoms with E-state index in [1.165, 1.54) is 7.11 Å². The van der Waals surface area contributed by atoms with E-state index in [1.807, 2.05) is 13.8 Å². The lowest BCUT2D eigenvalue weighted by Gasteiger charge is -2.11. The van der Waals surface area contributed by atoms with E-state index in [9.17, 15) is 9.59 Å². The molecule has 18 heavy (non-hydrogen) atoms. The number of aromatic nitrogens is 3. The first-order chi connectivity index (χ1) is 8.49. The number of rotatable bonds is 5. The summed E-state index contributed by atoms with van der Waals surface area (Å²) in [5.74, 6) is -0.903. The summed E-state index contributed by atoms with van der Waals surface area (Å²) in [4.78, 5) is 22.9. The number of ether oxygens (including phenoxy) is 1. The summed E-state index contributed by atoms with van der Waals surface area (Å²) >= 11 is 0. The predicted molar refractivity (Wildman–Crippen MR) is 63.7 cm³/mol. The number of methoxy groups -OCH3 is 1. The highest BCUT2D eigenvalue weighted by Gasteiger charge is 2.19. The minimum Gasteiger partial charge on any atom is -0.464 e. The Morgan fingerprint density at radius 2 is 2.22 bits per heavy atom. The van der Waals surface area contributed by atoms with Crippen LogP contribution >= 0.6 is 0 Å². The van der Waals surface area contributed by atoms with Gasteiger partial charge < -0.3 is 15.8 Å². The number of nitrogens with one attached hydrogen (secondary N) is 1. The highest BCUT2D eigenvalue weighted by atomic mass is 16.5. The van der Waals surface area contributed by atoms with Crippen LogP contribution in [0.5, 0.6) is 0 Å². The molecule has 0 aliphatic rings. The Labute approximate surface area is 104 Å². The van der Waals surface area contributed by atoms with Crippen molar-refractivity contribution in [3.05, 3.63) is 5.69 Å². The number of nitrogens with zero attached hydrogens (tertiary/aromatic N) is 3. The topological polar surface area (TPSA) is 112 Å². The van der Waals surface area contributed by atoms with Crippen LogP contribution < -0.4 is 11.1 Å². The normalized spacial score (nSPS) is 11.9. The molecule has 0 radical (unpaired) electrons. The number of amides is 1. The van der Waals surface area contributed by atoms with Gasteiger partial charge in [-0.15, -0.1) is 5.10 Å². The Bertz CT molecular complexity index is 443. The number of carbonyl (C=O) groups is 2. The molecule has 8 heteroatoms. The Balaban J connectivity index is 2.71. The molecule has 1 atom stereocenters. The highest BCUT2D eigenvalue weighted by molar-refractivity contribution is 5.92. The lowest BCUT2D eigenvalue weighted by Crippen LogP contribution is -2.35. The molecule has 0 spiro atoms. The van der Waals surface area contributed by atoms with Gasteiger partial charge in [0.2, 0.25) is 11.6 Å². The first-order valence-electron chi connectivity index (χ1n) is 5.56. The van der Waals surface area contributed by atoms with Crippen molar-refractivity contribution in [1.29, 1.82) is 0 Å². The number of carbonyl (C=O) groups excluding carboxylic acids is 2. The molecule has 1 rings (SSSR count). The van der Waals surface area contributed by atoms with Crippen LogP contribution in [0.3, 0.4) is 0 Å². The van der Waals surface area contributed by atoms with Crippen molar-refractivity contribution in [3.8, 4) is 0 Å². The second kappa shape index (κ2) is 5.99. The van der Waals surface area contributed by atoms with Gasteiger partial charge in [0.15, 0.2) is 5.82 Å². The number of hydrogen-bond acceptors (Lipinski definition) is 6. The lowest BCUT2D eigenvalue weighted by atomic mass is 10.2. The Morgan fingerprint density at radius 1 is 1.56 bits per heavy atom. The quantitative estimate of drug-likeness (QED) is 0.690. The summed E-state index contributed by atoms with van der Waals surface area (Å²) in [6.45, 7) is 3.77. The van der Waals surface area contributed by atoms with E-state index in [4.69, 9.17) is 5.73 Å². The second-order valence-electron chi connectivity index (χ2n) is 3.85. The molecule has 0 aliphatic carbocycles. The van der Waals surface area contributed by atoms with Gasteiger partial charge in [-0.1, -0.05) is 12.1 Å². The minimum atomic E-state index is -0.680. The molecule has 0 saturated carbocycles. The maximum atomic E-state index is 11.6. The fourth-order valence-corrected chi connectivity index (χ4v) is 1.24. The van der Waals surface area contributed by atoms with Crippen LogP contribution in [0.4, 0.5) is 5.82 Å². The number of nitrogen functional groups attached to an aromatic ring is 1. The third-order valence-electron chi connectivity index (χ3n) is 2.47. The molecule has 0 aliphatic heterocycles. The fraction of sp³-hybridized carbons (Fsp3) is 0.600. The third-order valence-corrected chi connectivity index (χ3v) is 2.47. The van der Waals surface area contributed by atoms with E-state index in [2.05, 4.69) is 20.4 Å². The van der Waals surface area contributed by atoms with Gasteiger partial charge in [0.05, 0.1) is 7.11 Å². The fourth-order valence-electron chi connectivity index (χ4n) is 1.24. The zero-order chi connectivity index (χ0) is 13.7. The van der Waals surface area contributed by atoms with Gasteiger partial charge in [0.25, 0.3) is 0 Å². The van der Waals surface area contributed by atoms with Crippen LogP contribution in [-0.2, 0) is 16.1 Å². The van der Waals surface area contributed by atoms with Crippen molar-refractivity contribution in [3.63, 3.8) is 0 Å². The number of anilines is 1. The monoisotopic (exact) mass is 255 g/mol. The molecule has 3 N–H and O–H groups in total. The smallest absolute Gasteiger partial charge is 0.362 e. The van der Waals surface area contributed by atoms with Crippen molar-refractivity contribution < 1.29 is 14.3 Å². The molecule has 100 valence electrons. The molecule has 0 saturated heterocycles. The summed E-state index contributed by atoms with van der Waals surface area (Å²) in [7, 11) is 1.22. The Kier molecular flexibility index (Phi) is 4.64. The average Bonchev–Trinajstić information content (AvgIpc) is 2.70. The Morgan fingerprint density at radius 3 is 2.78 bits per heavy atom. The van der Waals surface area contributed by atoms with E-state index < -0.39 is 5.97 Å². The molecule has 1 heterocycles. The van der Waals surface area contributed by atoms with Gasteiger partial charge in [-0.3, -0.25) is 4.79 Å². The molecular formula is C10H17N5O3. The van der Waals surface area contributed by atoms with Crippen LogP contribution in [0, 0.1) is 0 Å². The van der Waals surface area contributed by atoms with Gasteiger partial charge in [0.1, 0.15) is 6.54 Å². The zero-order valence-electron chi connectivity index (χ0n) is 10.6. The number of hydrogen-bond donors (Lipinski definition) is 2. The maximum Gasteiger partial charge on any atom is 0.362 e.